The molecule has 2 N–H and O–H groups in total. The summed E-state index contributed by atoms with van der Waals surface area (Å²) >= 11 is 0. The van der Waals surface area contributed by atoms with Crippen LogP contribution >= 0.6 is 24.0 Å². The first-order valence-electron chi connectivity index (χ1n) is 9.72. The van der Waals surface area contributed by atoms with Crippen molar-refractivity contribution in [3.05, 3.63) is 0 Å². The fourth-order valence-electron chi connectivity index (χ4n) is 3.92. The Balaban J connectivity index is 0.00000338. The topological polar surface area (TPSA) is 79.8 Å². The molecule has 1 aliphatic carbocycles. The van der Waals surface area contributed by atoms with Crippen molar-refractivity contribution in [2.75, 3.05) is 32.6 Å². The van der Waals surface area contributed by atoms with E-state index in [1.54, 1.807) is 0 Å². The number of nitrogens with zero attached hydrogens (tertiary/aromatic N) is 1. The maximum atomic E-state index is 12.4. The van der Waals surface area contributed by atoms with Gasteiger partial charge in [0, 0.05) is 32.1 Å². The summed E-state index contributed by atoms with van der Waals surface area (Å²) < 4.78 is 29.4. The lowest BCUT2D eigenvalue weighted by Gasteiger charge is -2.34. The maximum absolute atomic E-state index is 12.4. The van der Waals surface area contributed by atoms with Crippen molar-refractivity contribution in [2.24, 2.45) is 10.9 Å². The Morgan fingerprint density at radius 1 is 1.23 bits per heavy atom. The van der Waals surface area contributed by atoms with Crippen LogP contribution < -0.4 is 10.6 Å². The number of nitrogens with one attached hydrogen (secondary N) is 2. The van der Waals surface area contributed by atoms with Gasteiger partial charge in [0.25, 0.3) is 0 Å². The van der Waals surface area contributed by atoms with E-state index in [2.05, 4.69) is 22.5 Å². The van der Waals surface area contributed by atoms with Crippen LogP contribution in [0.4, 0.5) is 0 Å². The van der Waals surface area contributed by atoms with E-state index >= 15 is 0 Å². The van der Waals surface area contributed by atoms with E-state index in [4.69, 9.17) is 4.74 Å². The molecule has 0 aromatic heterocycles. The number of ether oxygens (including phenoxy) is 1. The van der Waals surface area contributed by atoms with E-state index in [1.807, 2.05) is 6.92 Å². The lowest BCUT2D eigenvalue weighted by Crippen LogP contribution is -2.49. The Morgan fingerprint density at radius 2 is 1.92 bits per heavy atom. The van der Waals surface area contributed by atoms with Crippen LogP contribution in [-0.4, -0.2) is 57.7 Å². The Morgan fingerprint density at radius 3 is 2.50 bits per heavy atom. The van der Waals surface area contributed by atoms with Gasteiger partial charge in [0.05, 0.1) is 11.3 Å². The van der Waals surface area contributed by atoms with Gasteiger partial charge in [-0.2, -0.15) is 0 Å². The van der Waals surface area contributed by atoms with E-state index in [1.165, 1.54) is 31.9 Å². The zero-order chi connectivity index (χ0) is 18.3. The van der Waals surface area contributed by atoms with Crippen LogP contribution in [0, 0.1) is 5.92 Å². The molecule has 0 aromatic carbocycles. The van der Waals surface area contributed by atoms with Gasteiger partial charge < -0.3 is 15.4 Å². The van der Waals surface area contributed by atoms with Crippen LogP contribution in [0.1, 0.15) is 58.8 Å². The minimum absolute atomic E-state index is 0. The molecule has 2 fully saturated rings. The number of rotatable bonds is 6. The third-order valence-electron chi connectivity index (χ3n) is 5.76. The fourth-order valence-corrected chi connectivity index (χ4v) is 5.13. The lowest BCUT2D eigenvalue weighted by atomic mass is 9.84. The van der Waals surface area contributed by atoms with Gasteiger partial charge in [0.1, 0.15) is 0 Å². The van der Waals surface area contributed by atoms with Crippen molar-refractivity contribution in [3.8, 4) is 0 Å². The van der Waals surface area contributed by atoms with Gasteiger partial charge in [-0.25, -0.2) is 8.42 Å². The highest BCUT2D eigenvalue weighted by Gasteiger charge is 2.42. The van der Waals surface area contributed by atoms with Gasteiger partial charge in [-0.05, 0) is 38.5 Å². The largest absolute Gasteiger partial charge is 0.381 e. The second-order valence-corrected chi connectivity index (χ2v) is 9.96. The van der Waals surface area contributed by atoms with Gasteiger partial charge in [-0.3, -0.25) is 4.99 Å². The average molecular weight is 501 g/mol. The molecule has 2 atom stereocenters. The number of sulfone groups is 1. The molecule has 2 rings (SSSR count). The number of hydrogen-bond acceptors (Lipinski definition) is 4. The Bertz CT molecular complexity index is 548. The summed E-state index contributed by atoms with van der Waals surface area (Å²) in [4.78, 5) is 4.68. The fraction of sp³-hybridized carbons (Fsp3) is 0.944. The molecule has 0 radical (unpaired) electrons. The Kier molecular flexibility index (Phi) is 10.2. The molecule has 2 unspecified atom stereocenters. The lowest BCUT2D eigenvalue weighted by molar-refractivity contribution is 0.0768. The van der Waals surface area contributed by atoms with Gasteiger partial charge in [0.15, 0.2) is 15.8 Å². The zero-order valence-electron chi connectivity index (χ0n) is 16.4. The van der Waals surface area contributed by atoms with Crippen molar-refractivity contribution in [2.45, 2.75) is 69.6 Å². The highest BCUT2D eigenvalue weighted by molar-refractivity contribution is 14.0. The van der Waals surface area contributed by atoms with Crippen LogP contribution in [0.15, 0.2) is 4.99 Å². The monoisotopic (exact) mass is 501 g/mol. The molecule has 1 saturated carbocycles. The standard InChI is InChI=1S/C18H35N3O3S.HI/c1-4-15-7-6-8-16(13-15)21-17(19-5-2)20-14-18(25(3,22)23)9-11-24-12-10-18;/h15-16H,4-14H2,1-3H3,(H2,19,20,21);1H. The zero-order valence-corrected chi connectivity index (χ0v) is 19.6. The quantitative estimate of drug-likeness (QED) is 0.333. The molecular weight excluding hydrogens is 465 g/mol. The highest BCUT2D eigenvalue weighted by Crippen LogP contribution is 2.30. The molecule has 1 heterocycles. The van der Waals surface area contributed by atoms with Crippen molar-refractivity contribution >= 4 is 39.8 Å². The van der Waals surface area contributed by atoms with Gasteiger partial charge in [-0.15, -0.1) is 24.0 Å². The van der Waals surface area contributed by atoms with Gasteiger partial charge >= 0.3 is 0 Å². The molecule has 2 aliphatic rings. The smallest absolute Gasteiger partial charge is 0.191 e. The van der Waals surface area contributed by atoms with Crippen LogP contribution in [0.3, 0.4) is 0 Å². The number of aliphatic imine (C=N–C) groups is 1. The van der Waals surface area contributed by atoms with Crippen LogP contribution in [-0.2, 0) is 14.6 Å². The first-order valence-corrected chi connectivity index (χ1v) is 11.6. The molecule has 0 spiro atoms. The van der Waals surface area contributed by atoms with Crippen molar-refractivity contribution in [3.63, 3.8) is 0 Å². The van der Waals surface area contributed by atoms with Crippen LogP contribution in [0.5, 0.6) is 0 Å². The summed E-state index contributed by atoms with van der Waals surface area (Å²) in [6.07, 6.45) is 8.51. The predicted molar refractivity (Wildman–Crippen MR) is 118 cm³/mol. The first kappa shape index (κ1) is 23.9. The third-order valence-corrected chi connectivity index (χ3v) is 7.87. The second kappa shape index (κ2) is 11.0. The van der Waals surface area contributed by atoms with E-state index in [9.17, 15) is 8.42 Å². The molecule has 26 heavy (non-hydrogen) atoms. The van der Waals surface area contributed by atoms with Crippen molar-refractivity contribution in [1.29, 1.82) is 0 Å². The summed E-state index contributed by atoms with van der Waals surface area (Å²) in [7, 11) is -3.19. The number of halogens is 1. The molecule has 154 valence electrons. The minimum atomic E-state index is -3.19. The molecule has 0 aromatic rings. The molecule has 0 bridgehead atoms. The summed E-state index contributed by atoms with van der Waals surface area (Å²) in [5.74, 6) is 1.53. The molecular formula is C18H36IN3O3S. The second-order valence-electron chi connectivity index (χ2n) is 7.54. The van der Waals surface area contributed by atoms with E-state index in [-0.39, 0.29) is 24.0 Å². The summed E-state index contributed by atoms with van der Waals surface area (Å²) in [5, 5.41) is 6.83. The van der Waals surface area contributed by atoms with Gasteiger partial charge in [-0.1, -0.05) is 26.2 Å². The summed E-state index contributed by atoms with van der Waals surface area (Å²) in [6, 6.07) is 0.431. The van der Waals surface area contributed by atoms with Crippen molar-refractivity contribution < 1.29 is 13.2 Å². The van der Waals surface area contributed by atoms with E-state index in [0.29, 0.717) is 38.6 Å². The third kappa shape index (κ3) is 6.51. The average Bonchev–Trinajstić information content (AvgIpc) is 2.60. The Labute approximate surface area is 176 Å². The Hall–Kier alpha value is -0.0900. The molecule has 1 saturated heterocycles. The molecule has 1 aliphatic heterocycles. The number of hydrogen-bond donors (Lipinski definition) is 2. The van der Waals surface area contributed by atoms with Crippen molar-refractivity contribution in [1.82, 2.24) is 10.6 Å². The first-order chi connectivity index (χ1) is 11.9. The van der Waals surface area contributed by atoms with Crippen LogP contribution in [0.2, 0.25) is 0 Å². The molecule has 8 heteroatoms. The molecule has 0 amide bonds. The summed E-state index contributed by atoms with van der Waals surface area (Å²) in [5.41, 5.74) is 0. The highest BCUT2D eigenvalue weighted by atomic mass is 127. The maximum Gasteiger partial charge on any atom is 0.191 e. The van der Waals surface area contributed by atoms with Gasteiger partial charge in [0.2, 0.25) is 0 Å². The normalized spacial score (nSPS) is 26.7. The van der Waals surface area contributed by atoms with E-state index < -0.39 is 14.6 Å². The van der Waals surface area contributed by atoms with Crippen LogP contribution in [0.25, 0.3) is 0 Å². The minimum Gasteiger partial charge on any atom is -0.381 e. The predicted octanol–water partition coefficient (Wildman–Crippen LogP) is 2.72. The SMILES string of the molecule is CCNC(=NCC1(S(C)(=O)=O)CCOCC1)NC1CCCC(CC)C1.I. The summed E-state index contributed by atoms with van der Waals surface area (Å²) in [6.45, 7) is 6.35. The molecule has 6 nitrogen and oxygen atoms in total. The number of guanidine groups is 1. The van der Waals surface area contributed by atoms with E-state index in [0.717, 1.165) is 24.8 Å².